The first-order valence-corrected chi connectivity index (χ1v) is 4.42. The van der Waals surface area contributed by atoms with Crippen molar-refractivity contribution >= 4 is 17.2 Å². The van der Waals surface area contributed by atoms with Crippen molar-refractivity contribution in [1.29, 1.82) is 0 Å². The Balaban J connectivity index is 0. The monoisotopic (exact) mass is 200 g/mol. The van der Waals surface area contributed by atoms with Crippen LogP contribution < -0.4 is 0 Å². The number of hydrogen-bond acceptors (Lipinski definition) is 4. The molecule has 1 N–H and O–H groups in total. The van der Waals surface area contributed by atoms with Gasteiger partial charge in [-0.15, -0.1) is 0 Å². The summed E-state index contributed by atoms with van der Waals surface area (Å²) in [5.74, 6) is -0.185. The van der Waals surface area contributed by atoms with Crippen molar-refractivity contribution in [2.45, 2.75) is 33.8 Å². The molecule has 1 atom stereocenters. The Morgan fingerprint density at radius 2 is 1.29 bits per heavy atom. The van der Waals surface area contributed by atoms with Crippen LogP contribution in [-0.4, -0.2) is 42.5 Å². The molecule has 0 fully saturated rings. The molecule has 0 aliphatic heterocycles. The third kappa shape index (κ3) is 9.06. The van der Waals surface area contributed by atoms with Crippen molar-refractivity contribution in [2.75, 3.05) is 14.1 Å². The average molecular weight is 200 g/mol. The zero-order chi connectivity index (χ0) is 11.7. The lowest BCUT2D eigenvalue weighted by atomic mass is 10.3. The third-order valence-electron chi connectivity index (χ3n) is 1.78. The van der Waals surface area contributed by atoms with E-state index in [9.17, 15) is 4.79 Å². The van der Waals surface area contributed by atoms with E-state index in [0.717, 1.165) is 11.4 Å². The fourth-order valence-corrected chi connectivity index (χ4v) is 0.324. The largest absolute Gasteiger partial charge is 0.386 e. The van der Waals surface area contributed by atoms with E-state index in [-0.39, 0.29) is 5.78 Å². The fraction of sp³-hybridized carbons (Fsp3) is 0.700. The van der Waals surface area contributed by atoms with E-state index in [1.165, 1.54) is 13.8 Å². The lowest BCUT2D eigenvalue weighted by molar-refractivity contribution is -0.124. The van der Waals surface area contributed by atoms with E-state index in [4.69, 9.17) is 5.11 Å². The minimum absolute atomic E-state index is 0.185. The van der Waals surface area contributed by atoms with Gasteiger partial charge in [-0.2, -0.15) is 0 Å². The number of rotatable bonds is 2. The summed E-state index contributed by atoms with van der Waals surface area (Å²) in [6.45, 7) is 6.69. The molecular formula is C10H20N2O2. The van der Waals surface area contributed by atoms with Crippen LogP contribution in [0.2, 0.25) is 0 Å². The lowest BCUT2D eigenvalue weighted by Crippen LogP contribution is -2.10. The molecule has 0 amide bonds. The minimum atomic E-state index is -0.787. The van der Waals surface area contributed by atoms with Crippen molar-refractivity contribution in [3.63, 3.8) is 0 Å². The number of carbonyl (C=O) groups excluding carboxylic acids is 1. The van der Waals surface area contributed by atoms with E-state index in [1.54, 1.807) is 14.1 Å². The molecule has 0 radical (unpaired) electrons. The Labute approximate surface area is 85.8 Å². The normalized spacial score (nSPS) is 14.2. The summed E-state index contributed by atoms with van der Waals surface area (Å²) in [5.41, 5.74) is 2.01. The molecule has 0 aromatic heterocycles. The van der Waals surface area contributed by atoms with Gasteiger partial charge >= 0.3 is 0 Å². The highest BCUT2D eigenvalue weighted by Gasteiger charge is 1.97. The summed E-state index contributed by atoms with van der Waals surface area (Å²) in [5, 5.41) is 8.28. The Morgan fingerprint density at radius 3 is 1.36 bits per heavy atom. The number of ketones is 1. The van der Waals surface area contributed by atoms with Gasteiger partial charge in [-0.05, 0) is 27.7 Å². The van der Waals surface area contributed by atoms with Crippen LogP contribution in [0.5, 0.6) is 0 Å². The van der Waals surface area contributed by atoms with Gasteiger partial charge in [-0.3, -0.25) is 14.8 Å². The predicted octanol–water partition coefficient (Wildman–Crippen LogP) is 1.12. The summed E-state index contributed by atoms with van der Waals surface area (Å²) >= 11 is 0. The summed E-state index contributed by atoms with van der Waals surface area (Å²) in [6.07, 6.45) is -0.787. The van der Waals surface area contributed by atoms with E-state index in [1.807, 2.05) is 13.8 Å². The topological polar surface area (TPSA) is 62.0 Å². The van der Waals surface area contributed by atoms with Gasteiger partial charge in [0.2, 0.25) is 0 Å². The molecule has 0 spiro atoms. The number of Topliss-reactive ketones (excluding diaryl/α,β-unsaturated/α-hetero) is 1. The van der Waals surface area contributed by atoms with E-state index < -0.39 is 6.10 Å². The Kier molecular flexibility index (Phi) is 9.45. The summed E-state index contributed by atoms with van der Waals surface area (Å²) in [4.78, 5) is 17.8. The second-order valence-corrected chi connectivity index (χ2v) is 2.90. The maximum atomic E-state index is 9.89. The molecule has 0 saturated carbocycles. The zero-order valence-electron chi connectivity index (χ0n) is 9.83. The predicted molar refractivity (Wildman–Crippen MR) is 60.4 cm³/mol. The van der Waals surface area contributed by atoms with Crippen molar-refractivity contribution in [1.82, 2.24) is 0 Å². The molecule has 82 valence electrons. The Hall–Kier alpha value is -1.03. The summed E-state index contributed by atoms with van der Waals surface area (Å²) in [6, 6.07) is 0. The second-order valence-electron chi connectivity index (χ2n) is 2.90. The van der Waals surface area contributed by atoms with Crippen LogP contribution in [0, 0.1) is 0 Å². The number of aliphatic imine (C=N–C) groups is 2. The molecule has 0 aromatic rings. The van der Waals surface area contributed by atoms with Crippen LogP contribution in [0.1, 0.15) is 27.7 Å². The molecule has 0 aromatic carbocycles. The summed E-state index contributed by atoms with van der Waals surface area (Å²) < 4.78 is 0. The van der Waals surface area contributed by atoms with Gasteiger partial charge in [0.1, 0.15) is 6.10 Å². The van der Waals surface area contributed by atoms with Gasteiger partial charge in [-0.25, -0.2) is 0 Å². The Bertz CT molecular complexity index is 214. The van der Waals surface area contributed by atoms with E-state index >= 15 is 0 Å². The third-order valence-corrected chi connectivity index (χ3v) is 1.78. The molecule has 0 saturated heterocycles. The van der Waals surface area contributed by atoms with Crippen LogP contribution in [0.15, 0.2) is 9.98 Å². The van der Waals surface area contributed by atoms with Crippen LogP contribution >= 0.6 is 0 Å². The minimum Gasteiger partial charge on any atom is -0.386 e. The molecular weight excluding hydrogens is 180 g/mol. The second kappa shape index (κ2) is 8.56. The number of aliphatic hydroxyl groups excluding tert-OH is 1. The van der Waals surface area contributed by atoms with E-state index in [0.29, 0.717) is 0 Å². The molecule has 14 heavy (non-hydrogen) atoms. The van der Waals surface area contributed by atoms with Crippen LogP contribution in [-0.2, 0) is 4.79 Å². The van der Waals surface area contributed by atoms with E-state index in [2.05, 4.69) is 9.98 Å². The van der Waals surface area contributed by atoms with Crippen LogP contribution in [0.4, 0.5) is 0 Å². The van der Waals surface area contributed by atoms with Gasteiger partial charge in [0.15, 0.2) is 5.78 Å². The first-order chi connectivity index (χ1) is 6.36. The first kappa shape index (κ1) is 15.4. The number of carbonyl (C=O) groups is 1. The van der Waals surface area contributed by atoms with Gasteiger partial charge in [0.05, 0.1) is 11.4 Å². The molecule has 4 heteroatoms. The molecule has 0 heterocycles. The molecule has 1 unspecified atom stereocenters. The highest BCUT2D eigenvalue weighted by atomic mass is 16.3. The van der Waals surface area contributed by atoms with Crippen molar-refractivity contribution in [3.05, 3.63) is 0 Å². The fourth-order valence-electron chi connectivity index (χ4n) is 0.324. The molecule has 0 aliphatic rings. The molecule has 0 aliphatic carbocycles. The molecule has 0 bridgehead atoms. The van der Waals surface area contributed by atoms with Crippen LogP contribution in [0.3, 0.4) is 0 Å². The first-order valence-electron chi connectivity index (χ1n) is 4.42. The number of nitrogens with zero attached hydrogens (tertiary/aromatic N) is 2. The quantitative estimate of drug-likeness (QED) is 0.679. The Morgan fingerprint density at radius 1 is 1.07 bits per heavy atom. The van der Waals surface area contributed by atoms with Crippen molar-refractivity contribution in [3.8, 4) is 0 Å². The highest BCUT2D eigenvalue weighted by molar-refractivity contribution is 6.40. The average Bonchev–Trinajstić information content (AvgIpc) is 2.16. The number of hydrogen-bond donors (Lipinski definition) is 1. The van der Waals surface area contributed by atoms with Crippen molar-refractivity contribution < 1.29 is 9.90 Å². The van der Waals surface area contributed by atoms with Gasteiger partial charge in [-0.1, -0.05) is 0 Å². The number of aliphatic hydroxyl groups is 1. The van der Waals surface area contributed by atoms with Gasteiger partial charge in [0, 0.05) is 14.1 Å². The molecule has 4 nitrogen and oxygen atoms in total. The highest BCUT2D eigenvalue weighted by Crippen LogP contribution is 1.79. The van der Waals surface area contributed by atoms with Gasteiger partial charge in [0.25, 0.3) is 0 Å². The molecule has 0 rings (SSSR count). The summed E-state index contributed by atoms with van der Waals surface area (Å²) in [7, 11) is 3.54. The zero-order valence-corrected chi connectivity index (χ0v) is 9.83. The van der Waals surface area contributed by atoms with Gasteiger partial charge < -0.3 is 5.11 Å². The maximum Gasteiger partial charge on any atom is 0.157 e. The maximum absolute atomic E-state index is 9.89. The lowest BCUT2D eigenvalue weighted by Gasteiger charge is -1.92. The van der Waals surface area contributed by atoms with Crippen molar-refractivity contribution in [2.24, 2.45) is 9.98 Å². The smallest absolute Gasteiger partial charge is 0.157 e. The standard InChI is InChI=1S/C6H12N2.C4H8O2/c1-5(7-3)6(2)8-4;1-3(5)4(2)6/h1-4H3;3,5H,1-2H3. The SMILES string of the molecule is CC(=O)C(C)O.CN=C(C)C(C)=NC. The van der Waals surface area contributed by atoms with Crippen LogP contribution in [0.25, 0.3) is 0 Å².